The molecule has 0 radical (unpaired) electrons. The number of aryl methyl sites for hydroxylation is 1. The average Bonchev–Trinajstić information content (AvgIpc) is 3.04. The number of ether oxygens (including phenoxy) is 1. The van der Waals surface area contributed by atoms with Crippen LogP contribution in [0.3, 0.4) is 0 Å². The summed E-state index contributed by atoms with van der Waals surface area (Å²) in [6.45, 7) is 4.13. The van der Waals surface area contributed by atoms with Crippen LogP contribution in [0.4, 0.5) is 0 Å². The average molecular weight is 363 g/mol. The number of rotatable bonds is 4. The Morgan fingerprint density at radius 2 is 2.11 bits per heavy atom. The fraction of sp³-hybridized carbons (Fsp3) is 0.300. The van der Waals surface area contributed by atoms with Crippen molar-refractivity contribution in [2.75, 3.05) is 6.54 Å². The number of pyridine rings is 1. The lowest BCUT2D eigenvalue weighted by Gasteiger charge is -2.24. The fourth-order valence-electron chi connectivity index (χ4n) is 3.30. The third kappa shape index (κ3) is 4.03. The number of carbonyl (C=O) groups is 1. The molecule has 1 amide bonds. The highest BCUT2D eigenvalue weighted by Gasteiger charge is 2.26. The van der Waals surface area contributed by atoms with Gasteiger partial charge in [-0.05, 0) is 37.3 Å². The molecule has 0 bridgehead atoms. The van der Waals surface area contributed by atoms with Gasteiger partial charge in [-0.1, -0.05) is 6.07 Å². The summed E-state index contributed by atoms with van der Waals surface area (Å²) in [7, 11) is 0. The zero-order chi connectivity index (χ0) is 18.6. The zero-order valence-corrected chi connectivity index (χ0v) is 15.2. The molecule has 7 nitrogen and oxygen atoms in total. The van der Waals surface area contributed by atoms with Gasteiger partial charge in [0.15, 0.2) is 0 Å². The van der Waals surface area contributed by atoms with Gasteiger partial charge in [-0.2, -0.15) is 10.2 Å². The van der Waals surface area contributed by atoms with Crippen LogP contribution in [0.5, 0.6) is 0 Å². The Hall–Kier alpha value is -3.06. The first-order valence-corrected chi connectivity index (χ1v) is 8.93. The molecule has 0 aliphatic carbocycles. The van der Waals surface area contributed by atoms with E-state index in [9.17, 15) is 4.79 Å². The monoisotopic (exact) mass is 363 g/mol. The van der Waals surface area contributed by atoms with E-state index in [2.05, 4.69) is 19.7 Å². The smallest absolute Gasteiger partial charge is 0.255 e. The summed E-state index contributed by atoms with van der Waals surface area (Å²) >= 11 is 0. The molecule has 0 unspecified atom stereocenters. The van der Waals surface area contributed by atoms with Crippen molar-refractivity contribution in [2.45, 2.75) is 32.7 Å². The topological polar surface area (TPSA) is 73.1 Å². The Labute approximate surface area is 157 Å². The zero-order valence-electron chi connectivity index (χ0n) is 15.2. The SMILES string of the molecule is Cc1cccc(CO[C@@H]2CN(C(=O)c3ccnnc3)Cc3cccn3C2)n1. The Bertz CT molecular complexity index is 925. The Kier molecular flexibility index (Phi) is 4.93. The molecule has 4 rings (SSSR count). The maximum atomic E-state index is 12.9. The standard InChI is InChI=1S/C20H21N5O2/c1-15-4-2-5-17(23-15)14-27-19-12-24-9-3-6-18(24)11-25(13-19)20(26)16-7-8-21-22-10-16/h2-10,19H,11-14H2,1H3/t19-/m0/s1. The highest BCUT2D eigenvalue weighted by Crippen LogP contribution is 2.18. The second-order valence-electron chi connectivity index (χ2n) is 6.67. The third-order valence-electron chi connectivity index (χ3n) is 4.63. The number of amides is 1. The predicted octanol–water partition coefficient (Wildman–Crippen LogP) is 2.22. The second kappa shape index (κ2) is 7.67. The van der Waals surface area contributed by atoms with Gasteiger partial charge in [-0.3, -0.25) is 9.78 Å². The van der Waals surface area contributed by atoms with Crippen LogP contribution in [0.2, 0.25) is 0 Å². The normalized spacial score (nSPS) is 16.6. The predicted molar refractivity (Wildman–Crippen MR) is 98.8 cm³/mol. The van der Waals surface area contributed by atoms with Crippen molar-refractivity contribution in [3.05, 3.63) is 77.6 Å². The lowest BCUT2D eigenvalue weighted by molar-refractivity contribution is 0.00918. The summed E-state index contributed by atoms with van der Waals surface area (Å²) in [5.74, 6) is -0.0677. The Morgan fingerprint density at radius 3 is 2.93 bits per heavy atom. The van der Waals surface area contributed by atoms with Crippen LogP contribution in [0.25, 0.3) is 0 Å². The molecule has 3 aromatic heterocycles. The van der Waals surface area contributed by atoms with Crippen molar-refractivity contribution < 1.29 is 9.53 Å². The second-order valence-corrected chi connectivity index (χ2v) is 6.67. The van der Waals surface area contributed by atoms with E-state index in [0.29, 0.717) is 31.8 Å². The summed E-state index contributed by atoms with van der Waals surface area (Å²) in [4.78, 5) is 19.2. The molecule has 7 heteroatoms. The molecule has 0 spiro atoms. The van der Waals surface area contributed by atoms with Crippen LogP contribution in [0.1, 0.15) is 27.4 Å². The molecule has 4 heterocycles. The number of aromatic nitrogens is 4. The molecule has 0 saturated heterocycles. The van der Waals surface area contributed by atoms with E-state index in [0.717, 1.165) is 17.1 Å². The lowest BCUT2D eigenvalue weighted by atomic mass is 10.2. The first kappa shape index (κ1) is 17.4. The van der Waals surface area contributed by atoms with Gasteiger partial charge in [0.2, 0.25) is 0 Å². The highest BCUT2D eigenvalue weighted by molar-refractivity contribution is 5.93. The molecular weight excluding hydrogens is 342 g/mol. The van der Waals surface area contributed by atoms with Crippen molar-refractivity contribution in [3.8, 4) is 0 Å². The summed E-state index contributed by atoms with van der Waals surface area (Å²) in [5, 5.41) is 7.57. The van der Waals surface area contributed by atoms with Crippen molar-refractivity contribution in [2.24, 2.45) is 0 Å². The Morgan fingerprint density at radius 1 is 1.19 bits per heavy atom. The minimum Gasteiger partial charge on any atom is -0.368 e. The van der Waals surface area contributed by atoms with Crippen molar-refractivity contribution in [1.82, 2.24) is 24.6 Å². The van der Waals surface area contributed by atoms with Gasteiger partial charge < -0.3 is 14.2 Å². The van der Waals surface area contributed by atoms with Crippen LogP contribution in [0, 0.1) is 6.92 Å². The van der Waals surface area contributed by atoms with Gasteiger partial charge in [-0.15, -0.1) is 0 Å². The molecule has 138 valence electrons. The van der Waals surface area contributed by atoms with Gasteiger partial charge in [0, 0.05) is 24.1 Å². The molecule has 1 aliphatic rings. The molecule has 0 aromatic carbocycles. The molecule has 27 heavy (non-hydrogen) atoms. The third-order valence-corrected chi connectivity index (χ3v) is 4.63. The van der Waals surface area contributed by atoms with E-state index in [1.54, 1.807) is 6.07 Å². The van der Waals surface area contributed by atoms with E-state index in [1.165, 1.54) is 12.4 Å². The van der Waals surface area contributed by atoms with E-state index < -0.39 is 0 Å². The highest BCUT2D eigenvalue weighted by atomic mass is 16.5. The minimum atomic E-state index is -0.125. The molecule has 1 atom stereocenters. The summed E-state index contributed by atoms with van der Waals surface area (Å²) in [6, 6.07) is 11.6. The molecule has 1 aliphatic heterocycles. The quantitative estimate of drug-likeness (QED) is 0.711. The van der Waals surface area contributed by atoms with Gasteiger partial charge in [0.25, 0.3) is 5.91 Å². The molecule has 0 saturated carbocycles. The maximum absolute atomic E-state index is 12.9. The summed E-state index contributed by atoms with van der Waals surface area (Å²) in [5.41, 5.74) is 3.48. The van der Waals surface area contributed by atoms with E-state index in [-0.39, 0.29) is 12.0 Å². The number of nitrogens with zero attached hydrogens (tertiary/aromatic N) is 5. The van der Waals surface area contributed by atoms with E-state index in [4.69, 9.17) is 4.74 Å². The molecule has 0 N–H and O–H groups in total. The first-order valence-electron chi connectivity index (χ1n) is 8.93. The number of hydrogen-bond acceptors (Lipinski definition) is 5. The van der Waals surface area contributed by atoms with E-state index in [1.807, 2.05) is 48.4 Å². The van der Waals surface area contributed by atoms with Crippen LogP contribution in [-0.4, -0.2) is 43.2 Å². The van der Waals surface area contributed by atoms with Gasteiger partial charge in [0.05, 0.1) is 49.5 Å². The van der Waals surface area contributed by atoms with E-state index >= 15 is 0 Å². The number of fused-ring (bicyclic) bond motifs is 1. The molecule has 3 aromatic rings. The van der Waals surface area contributed by atoms with Crippen molar-refractivity contribution in [3.63, 3.8) is 0 Å². The first-order chi connectivity index (χ1) is 13.2. The molecule has 0 fully saturated rings. The van der Waals surface area contributed by atoms with Gasteiger partial charge >= 0.3 is 0 Å². The fourth-order valence-corrected chi connectivity index (χ4v) is 3.30. The van der Waals surface area contributed by atoms with Crippen LogP contribution in [-0.2, 0) is 24.4 Å². The van der Waals surface area contributed by atoms with Gasteiger partial charge in [-0.25, -0.2) is 0 Å². The largest absolute Gasteiger partial charge is 0.368 e. The Balaban J connectivity index is 1.52. The van der Waals surface area contributed by atoms with Crippen molar-refractivity contribution in [1.29, 1.82) is 0 Å². The summed E-state index contributed by atoms with van der Waals surface area (Å²) < 4.78 is 8.29. The minimum absolute atomic E-state index is 0.0677. The van der Waals surface area contributed by atoms with Crippen LogP contribution < -0.4 is 0 Å². The van der Waals surface area contributed by atoms with Gasteiger partial charge in [0.1, 0.15) is 0 Å². The molecular formula is C20H21N5O2. The number of hydrogen-bond donors (Lipinski definition) is 0. The lowest BCUT2D eigenvalue weighted by Crippen LogP contribution is -2.37. The van der Waals surface area contributed by atoms with Crippen LogP contribution >= 0.6 is 0 Å². The van der Waals surface area contributed by atoms with Crippen LogP contribution in [0.15, 0.2) is 55.0 Å². The number of carbonyl (C=O) groups excluding carboxylic acids is 1. The van der Waals surface area contributed by atoms with Crippen molar-refractivity contribution >= 4 is 5.91 Å². The summed E-state index contributed by atoms with van der Waals surface area (Å²) in [6.07, 6.45) is 4.93. The maximum Gasteiger partial charge on any atom is 0.255 e.